The average Bonchev–Trinajstić information content (AvgIpc) is 2.13. The molecule has 0 amide bonds. The van der Waals surface area contributed by atoms with Gasteiger partial charge in [0.25, 0.3) is 0 Å². The Kier molecular flexibility index (Phi) is 4.89. The molecule has 0 aliphatic rings. The number of halogens is 1. The molecule has 0 saturated carbocycles. The van der Waals surface area contributed by atoms with Crippen LogP contribution < -0.4 is 5.73 Å². The quantitative estimate of drug-likeness (QED) is 0.527. The van der Waals surface area contributed by atoms with E-state index in [-0.39, 0.29) is 11.7 Å². The van der Waals surface area contributed by atoms with Crippen molar-refractivity contribution >= 4 is 39.3 Å². The van der Waals surface area contributed by atoms with Gasteiger partial charge in [-0.1, -0.05) is 15.9 Å². The normalized spacial score (nSPS) is 11.3. The molecule has 0 bridgehead atoms. The molecule has 0 fully saturated rings. The molecule has 0 spiro atoms. The van der Waals surface area contributed by atoms with Gasteiger partial charge in [-0.25, -0.2) is 0 Å². The predicted molar refractivity (Wildman–Crippen MR) is 75.1 cm³/mol. The van der Waals surface area contributed by atoms with Crippen LogP contribution in [0.2, 0.25) is 0 Å². The summed E-state index contributed by atoms with van der Waals surface area (Å²) in [7, 11) is 0. The summed E-state index contributed by atoms with van der Waals surface area (Å²) in [5.41, 5.74) is 6.05. The third-order valence-electron chi connectivity index (χ3n) is 1.74. The SMILES string of the molecule is CC(C)(C)OC(=O)CSc1ccc(Br)cc1N. The van der Waals surface area contributed by atoms with Crippen molar-refractivity contribution in [3.05, 3.63) is 22.7 Å². The van der Waals surface area contributed by atoms with Gasteiger partial charge in [-0.05, 0) is 39.0 Å². The lowest BCUT2D eigenvalue weighted by atomic mass is 10.2. The first-order chi connectivity index (χ1) is 7.78. The number of nitrogen functional groups attached to an aromatic ring is 1. The molecule has 2 N–H and O–H groups in total. The predicted octanol–water partition coefficient (Wildman–Crippen LogP) is 3.47. The molecule has 0 aliphatic heterocycles. The molecule has 1 aromatic carbocycles. The van der Waals surface area contributed by atoms with E-state index in [1.54, 1.807) is 0 Å². The molecule has 0 atom stereocenters. The number of esters is 1. The summed E-state index contributed by atoms with van der Waals surface area (Å²) >= 11 is 4.72. The number of hydrogen-bond acceptors (Lipinski definition) is 4. The van der Waals surface area contributed by atoms with E-state index in [0.29, 0.717) is 5.69 Å². The fraction of sp³-hybridized carbons (Fsp3) is 0.417. The van der Waals surface area contributed by atoms with Crippen molar-refractivity contribution < 1.29 is 9.53 Å². The molecule has 0 unspecified atom stereocenters. The Morgan fingerprint density at radius 2 is 2.12 bits per heavy atom. The summed E-state index contributed by atoms with van der Waals surface area (Å²) in [6.45, 7) is 5.55. The summed E-state index contributed by atoms with van der Waals surface area (Å²) in [5, 5.41) is 0. The van der Waals surface area contributed by atoms with Gasteiger partial charge in [0.15, 0.2) is 0 Å². The van der Waals surface area contributed by atoms with Gasteiger partial charge in [0.1, 0.15) is 5.60 Å². The maximum absolute atomic E-state index is 11.5. The highest BCUT2D eigenvalue weighted by Crippen LogP contribution is 2.28. The van der Waals surface area contributed by atoms with Crippen LogP contribution in [0.5, 0.6) is 0 Å². The van der Waals surface area contributed by atoms with E-state index in [2.05, 4.69) is 15.9 Å². The Morgan fingerprint density at radius 3 is 2.65 bits per heavy atom. The van der Waals surface area contributed by atoms with Gasteiger partial charge in [-0.3, -0.25) is 4.79 Å². The number of thioether (sulfide) groups is 1. The zero-order chi connectivity index (χ0) is 13.1. The van der Waals surface area contributed by atoms with Crippen LogP contribution in [0.4, 0.5) is 5.69 Å². The number of anilines is 1. The second-order valence-corrected chi connectivity index (χ2v) is 6.49. The van der Waals surface area contributed by atoms with Crippen molar-refractivity contribution in [1.82, 2.24) is 0 Å². The topological polar surface area (TPSA) is 52.3 Å². The second kappa shape index (κ2) is 5.78. The van der Waals surface area contributed by atoms with Gasteiger partial charge in [-0.2, -0.15) is 0 Å². The minimum atomic E-state index is -0.442. The smallest absolute Gasteiger partial charge is 0.316 e. The van der Waals surface area contributed by atoms with E-state index in [9.17, 15) is 4.79 Å². The van der Waals surface area contributed by atoms with Crippen LogP contribution in [-0.4, -0.2) is 17.3 Å². The molecular weight excluding hydrogens is 302 g/mol. The number of benzene rings is 1. The second-order valence-electron chi connectivity index (χ2n) is 4.56. The maximum atomic E-state index is 11.5. The zero-order valence-electron chi connectivity index (χ0n) is 10.1. The fourth-order valence-electron chi connectivity index (χ4n) is 1.16. The van der Waals surface area contributed by atoms with Crippen LogP contribution in [-0.2, 0) is 9.53 Å². The van der Waals surface area contributed by atoms with Crippen molar-refractivity contribution in [2.24, 2.45) is 0 Å². The summed E-state index contributed by atoms with van der Waals surface area (Å²) in [6.07, 6.45) is 0. The number of nitrogens with two attached hydrogens (primary N) is 1. The zero-order valence-corrected chi connectivity index (χ0v) is 12.5. The van der Waals surface area contributed by atoms with E-state index < -0.39 is 5.60 Å². The van der Waals surface area contributed by atoms with Gasteiger partial charge in [0.05, 0.1) is 5.75 Å². The molecule has 0 saturated heterocycles. The average molecular weight is 318 g/mol. The van der Waals surface area contributed by atoms with Gasteiger partial charge < -0.3 is 10.5 Å². The lowest BCUT2D eigenvalue weighted by molar-refractivity contribution is -0.151. The molecule has 0 aromatic heterocycles. The third-order valence-corrected chi connectivity index (χ3v) is 3.29. The summed E-state index contributed by atoms with van der Waals surface area (Å²) in [4.78, 5) is 12.4. The molecule has 1 aromatic rings. The van der Waals surface area contributed by atoms with E-state index >= 15 is 0 Å². The Bertz CT molecular complexity index is 415. The molecule has 94 valence electrons. The van der Waals surface area contributed by atoms with Crippen LogP contribution in [0.25, 0.3) is 0 Å². The molecule has 3 nitrogen and oxygen atoms in total. The Balaban J connectivity index is 2.53. The van der Waals surface area contributed by atoms with Gasteiger partial charge in [0, 0.05) is 15.1 Å². The summed E-state index contributed by atoms with van der Waals surface area (Å²) in [6, 6.07) is 5.60. The van der Waals surface area contributed by atoms with Crippen LogP contribution in [0.15, 0.2) is 27.6 Å². The first-order valence-corrected chi connectivity index (χ1v) is 6.95. The third kappa shape index (κ3) is 5.46. The Labute approximate surface area is 114 Å². The lowest BCUT2D eigenvalue weighted by Crippen LogP contribution is -2.24. The molecule has 1 rings (SSSR count). The molecule has 17 heavy (non-hydrogen) atoms. The molecule has 0 radical (unpaired) electrons. The number of carbonyl (C=O) groups excluding carboxylic acids is 1. The van der Waals surface area contributed by atoms with Crippen LogP contribution in [0.1, 0.15) is 20.8 Å². The van der Waals surface area contributed by atoms with Gasteiger partial charge in [0.2, 0.25) is 0 Å². The highest BCUT2D eigenvalue weighted by molar-refractivity contribution is 9.10. The van der Waals surface area contributed by atoms with E-state index in [1.165, 1.54) is 11.8 Å². The molecule has 0 heterocycles. The first kappa shape index (κ1) is 14.4. The number of carbonyl (C=O) groups is 1. The molecular formula is C12H16BrNO2S. The van der Waals surface area contributed by atoms with E-state index in [1.807, 2.05) is 39.0 Å². The van der Waals surface area contributed by atoms with Crippen molar-refractivity contribution in [2.75, 3.05) is 11.5 Å². The lowest BCUT2D eigenvalue weighted by Gasteiger charge is -2.19. The van der Waals surface area contributed by atoms with Crippen molar-refractivity contribution in [3.8, 4) is 0 Å². The standard InChI is InChI=1S/C12H16BrNO2S/c1-12(2,3)16-11(15)7-17-10-5-4-8(13)6-9(10)14/h4-6H,7,14H2,1-3H3. The van der Waals surface area contributed by atoms with Gasteiger partial charge >= 0.3 is 5.97 Å². The minimum Gasteiger partial charge on any atom is -0.459 e. The number of ether oxygens (including phenoxy) is 1. The Hall–Kier alpha value is -0.680. The first-order valence-electron chi connectivity index (χ1n) is 5.17. The fourth-order valence-corrected chi connectivity index (χ4v) is 2.26. The number of rotatable bonds is 3. The van der Waals surface area contributed by atoms with Crippen LogP contribution in [0.3, 0.4) is 0 Å². The molecule has 5 heteroatoms. The van der Waals surface area contributed by atoms with Crippen molar-refractivity contribution in [2.45, 2.75) is 31.3 Å². The highest BCUT2D eigenvalue weighted by atomic mass is 79.9. The highest BCUT2D eigenvalue weighted by Gasteiger charge is 2.16. The van der Waals surface area contributed by atoms with E-state index in [0.717, 1.165) is 9.37 Å². The Morgan fingerprint density at radius 1 is 1.47 bits per heavy atom. The van der Waals surface area contributed by atoms with Crippen LogP contribution >= 0.6 is 27.7 Å². The van der Waals surface area contributed by atoms with Crippen LogP contribution in [0, 0.1) is 0 Å². The number of hydrogen-bond donors (Lipinski definition) is 1. The minimum absolute atomic E-state index is 0.232. The summed E-state index contributed by atoms with van der Waals surface area (Å²) < 4.78 is 6.14. The summed E-state index contributed by atoms with van der Waals surface area (Å²) in [5.74, 6) is 0.0353. The molecule has 0 aliphatic carbocycles. The van der Waals surface area contributed by atoms with Gasteiger partial charge in [-0.15, -0.1) is 11.8 Å². The van der Waals surface area contributed by atoms with Crippen molar-refractivity contribution in [1.29, 1.82) is 0 Å². The monoisotopic (exact) mass is 317 g/mol. The maximum Gasteiger partial charge on any atom is 0.316 e. The van der Waals surface area contributed by atoms with E-state index in [4.69, 9.17) is 10.5 Å². The largest absolute Gasteiger partial charge is 0.459 e. The van der Waals surface area contributed by atoms with Crippen molar-refractivity contribution in [3.63, 3.8) is 0 Å².